The van der Waals surface area contributed by atoms with Crippen LogP contribution in [0.2, 0.25) is 0 Å². The lowest BCUT2D eigenvalue weighted by molar-refractivity contribution is -0.137. The molecule has 0 fully saturated rings. The fourth-order valence-corrected chi connectivity index (χ4v) is 1.80. The van der Waals surface area contributed by atoms with E-state index in [0.29, 0.717) is 0 Å². The zero-order valence-corrected chi connectivity index (χ0v) is 11.1. The Morgan fingerprint density at radius 1 is 1.59 bits per heavy atom. The Hall–Kier alpha value is -1.17. The van der Waals surface area contributed by atoms with Crippen molar-refractivity contribution in [3.8, 4) is 0 Å². The molecule has 0 aromatic heterocycles. The van der Waals surface area contributed by atoms with Gasteiger partial charge in [-0.15, -0.1) is 6.58 Å². The van der Waals surface area contributed by atoms with Crippen molar-refractivity contribution in [2.45, 2.75) is 19.4 Å². The van der Waals surface area contributed by atoms with Gasteiger partial charge >= 0.3 is 12.0 Å². The normalized spacial score (nSPS) is 11.6. The van der Waals surface area contributed by atoms with Gasteiger partial charge in [0, 0.05) is 12.6 Å². The lowest BCUT2D eigenvalue weighted by Gasteiger charge is -2.22. The molecule has 0 aliphatic heterocycles. The third-order valence-corrected chi connectivity index (χ3v) is 2.73. The number of nitrogens with zero attached hydrogens (tertiary/aromatic N) is 1. The van der Waals surface area contributed by atoms with Crippen molar-refractivity contribution < 1.29 is 14.7 Å². The van der Waals surface area contributed by atoms with Crippen LogP contribution in [-0.4, -0.2) is 53.1 Å². The lowest BCUT2D eigenvalue weighted by atomic mass is 10.3. The summed E-state index contributed by atoms with van der Waals surface area (Å²) < 4.78 is 0. The van der Waals surface area contributed by atoms with Gasteiger partial charge in [-0.25, -0.2) is 4.79 Å². The number of hydrogen-bond donors (Lipinski definition) is 2. The van der Waals surface area contributed by atoms with Crippen molar-refractivity contribution in [3.63, 3.8) is 0 Å². The smallest absolute Gasteiger partial charge is 0.323 e. The maximum atomic E-state index is 11.7. The van der Waals surface area contributed by atoms with Crippen LogP contribution in [0.15, 0.2) is 12.7 Å². The molecule has 17 heavy (non-hydrogen) atoms. The van der Waals surface area contributed by atoms with Crippen molar-refractivity contribution in [1.29, 1.82) is 0 Å². The highest BCUT2D eigenvalue weighted by molar-refractivity contribution is 7.98. The first-order chi connectivity index (χ1) is 8.01. The minimum atomic E-state index is -1.03. The minimum absolute atomic E-state index is 0.0380. The van der Waals surface area contributed by atoms with Gasteiger partial charge in [0.1, 0.15) is 6.54 Å². The van der Waals surface area contributed by atoms with E-state index in [1.807, 2.05) is 13.2 Å². The van der Waals surface area contributed by atoms with E-state index in [1.54, 1.807) is 11.8 Å². The molecule has 0 bridgehead atoms. The Morgan fingerprint density at radius 3 is 2.71 bits per heavy atom. The highest BCUT2D eigenvalue weighted by Crippen LogP contribution is 2.01. The number of hydrogen-bond acceptors (Lipinski definition) is 3. The van der Waals surface area contributed by atoms with Gasteiger partial charge in [0.25, 0.3) is 0 Å². The Kier molecular flexibility index (Phi) is 8.31. The largest absolute Gasteiger partial charge is 0.480 e. The molecule has 0 aliphatic rings. The molecule has 0 aromatic carbocycles. The topological polar surface area (TPSA) is 69.6 Å². The molecule has 0 spiro atoms. The van der Waals surface area contributed by atoms with Gasteiger partial charge in [-0.1, -0.05) is 6.08 Å². The fraction of sp³-hybridized carbons (Fsp3) is 0.636. The molecule has 5 nitrogen and oxygen atoms in total. The summed E-state index contributed by atoms with van der Waals surface area (Å²) in [7, 11) is 0. The summed E-state index contributed by atoms with van der Waals surface area (Å²) in [6.45, 7) is 5.32. The van der Waals surface area contributed by atoms with Gasteiger partial charge in [0.05, 0.1) is 0 Å². The maximum Gasteiger partial charge on any atom is 0.323 e. The van der Waals surface area contributed by atoms with Crippen LogP contribution >= 0.6 is 11.8 Å². The zero-order chi connectivity index (χ0) is 13.3. The number of carbonyl (C=O) groups excluding carboxylic acids is 1. The molecule has 0 radical (unpaired) electrons. The molecule has 0 rings (SSSR count). The zero-order valence-electron chi connectivity index (χ0n) is 10.3. The standard InChI is InChI=1S/C11H20N2O3S/c1-4-6-13(8-10(14)15)11(16)12-9(2)5-7-17-3/h4,9H,1,5-8H2,2-3H3,(H,12,16)(H,14,15). The van der Waals surface area contributed by atoms with Crippen molar-refractivity contribution in [1.82, 2.24) is 10.2 Å². The Morgan fingerprint density at radius 2 is 2.24 bits per heavy atom. The number of rotatable bonds is 8. The van der Waals surface area contributed by atoms with E-state index < -0.39 is 5.97 Å². The number of amides is 2. The highest BCUT2D eigenvalue weighted by Gasteiger charge is 2.16. The van der Waals surface area contributed by atoms with Gasteiger partial charge in [-0.2, -0.15) is 11.8 Å². The van der Waals surface area contributed by atoms with Crippen molar-refractivity contribution in [2.75, 3.05) is 25.1 Å². The first-order valence-corrected chi connectivity index (χ1v) is 6.77. The van der Waals surface area contributed by atoms with E-state index in [-0.39, 0.29) is 25.2 Å². The Bertz CT molecular complexity index is 271. The van der Waals surface area contributed by atoms with Crippen LogP contribution in [-0.2, 0) is 4.79 Å². The van der Waals surface area contributed by atoms with E-state index in [1.165, 1.54) is 11.0 Å². The van der Waals surface area contributed by atoms with Crippen LogP contribution in [0.25, 0.3) is 0 Å². The summed E-state index contributed by atoms with van der Waals surface area (Å²) >= 11 is 1.71. The second kappa shape index (κ2) is 8.92. The van der Waals surface area contributed by atoms with Gasteiger partial charge in [0.2, 0.25) is 0 Å². The van der Waals surface area contributed by atoms with Crippen molar-refractivity contribution in [3.05, 3.63) is 12.7 Å². The predicted octanol–water partition coefficient (Wildman–Crippen LogP) is 1.41. The first kappa shape index (κ1) is 15.8. The molecule has 1 atom stereocenters. The fourth-order valence-electron chi connectivity index (χ4n) is 1.21. The van der Waals surface area contributed by atoms with Crippen LogP contribution in [0.1, 0.15) is 13.3 Å². The molecular formula is C11H20N2O3S. The second-order valence-corrected chi connectivity index (χ2v) is 4.68. The van der Waals surface area contributed by atoms with E-state index in [9.17, 15) is 9.59 Å². The van der Waals surface area contributed by atoms with Crippen LogP contribution < -0.4 is 5.32 Å². The molecule has 2 N–H and O–H groups in total. The number of thioether (sulfide) groups is 1. The summed E-state index contributed by atoms with van der Waals surface area (Å²) in [6, 6.07) is -0.322. The maximum absolute atomic E-state index is 11.7. The molecule has 98 valence electrons. The molecule has 6 heteroatoms. The number of nitrogens with one attached hydrogen (secondary N) is 1. The second-order valence-electron chi connectivity index (χ2n) is 3.69. The van der Waals surface area contributed by atoms with Gasteiger partial charge in [0.15, 0.2) is 0 Å². The summed E-state index contributed by atoms with van der Waals surface area (Å²) in [6.07, 6.45) is 4.37. The first-order valence-electron chi connectivity index (χ1n) is 5.38. The van der Waals surface area contributed by atoms with Gasteiger partial charge in [-0.05, 0) is 25.4 Å². The third-order valence-electron chi connectivity index (χ3n) is 2.09. The van der Waals surface area contributed by atoms with Gasteiger partial charge in [-0.3, -0.25) is 4.79 Å². The average Bonchev–Trinajstić information content (AvgIpc) is 2.25. The van der Waals surface area contributed by atoms with Crippen LogP contribution in [0.5, 0.6) is 0 Å². The van der Waals surface area contributed by atoms with Crippen molar-refractivity contribution >= 4 is 23.8 Å². The Balaban J connectivity index is 4.20. The molecule has 2 amide bonds. The summed E-state index contributed by atoms with van der Waals surface area (Å²) in [5.41, 5.74) is 0. The number of carboxylic acids is 1. The van der Waals surface area contributed by atoms with E-state index in [0.717, 1.165) is 12.2 Å². The third kappa shape index (κ3) is 7.68. The predicted molar refractivity (Wildman–Crippen MR) is 70.4 cm³/mol. The minimum Gasteiger partial charge on any atom is -0.480 e. The molecule has 0 aromatic rings. The van der Waals surface area contributed by atoms with Crippen LogP contribution in [0.4, 0.5) is 4.79 Å². The SMILES string of the molecule is C=CCN(CC(=O)O)C(=O)NC(C)CCSC. The van der Waals surface area contributed by atoms with E-state index in [2.05, 4.69) is 11.9 Å². The molecule has 0 saturated heterocycles. The van der Waals surface area contributed by atoms with Crippen LogP contribution in [0, 0.1) is 0 Å². The summed E-state index contributed by atoms with van der Waals surface area (Å²) in [5, 5.41) is 11.4. The summed E-state index contributed by atoms with van der Waals surface area (Å²) in [4.78, 5) is 23.5. The quantitative estimate of drug-likeness (QED) is 0.647. The number of carboxylic acid groups (broad SMARTS) is 1. The molecule has 1 unspecified atom stereocenters. The number of aliphatic carboxylic acids is 1. The average molecular weight is 260 g/mol. The molecule has 0 saturated carbocycles. The number of urea groups is 1. The highest BCUT2D eigenvalue weighted by atomic mass is 32.2. The molecular weight excluding hydrogens is 240 g/mol. The summed E-state index contributed by atoms with van der Waals surface area (Å²) in [5.74, 6) is -0.0688. The van der Waals surface area contributed by atoms with Gasteiger partial charge < -0.3 is 15.3 Å². The monoisotopic (exact) mass is 260 g/mol. The molecule has 0 heterocycles. The van der Waals surface area contributed by atoms with Crippen molar-refractivity contribution in [2.24, 2.45) is 0 Å². The number of carbonyl (C=O) groups is 2. The van der Waals surface area contributed by atoms with Crippen LogP contribution in [0.3, 0.4) is 0 Å². The lowest BCUT2D eigenvalue weighted by Crippen LogP contribution is -2.46. The van der Waals surface area contributed by atoms with E-state index >= 15 is 0 Å². The van der Waals surface area contributed by atoms with E-state index in [4.69, 9.17) is 5.11 Å². The molecule has 0 aliphatic carbocycles. The Labute approximate surface area is 106 Å².